The maximum absolute atomic E-state index is 12.3. The van der Waals surface area contributed by atoms with Gasteiger partial charge in [-0.15, -0.1) is 11.8 Å². The van der Waals surface area contributed by atoms with Gasteiger partial charge in [-0.2, -0.15) is 0 Å². The molecule has 1 heterocycles. The van der Waals surface area contributed by atoms with Crippen LogP contribution in [0.2, 0.25) is 0 Å². The summed E-state index contributed by atoms with van der Waals surface area (Å²) in [6.07, 6.45) is 6.87. The minimum absolute atomic E-state index is 0.0522. The lowest BCUT2D eigenvalue weighted by Gasteiger charge is -2.22. The Kier molecular flexibility index (Phi) is 10.8. The second-order valence-electron chi connectivity index (χ2n) is 8.61. The number of carbonyl (C=O) groups is 2. The van der Waals surface area contributed by atoms with E-state index in [9.17, 15) is 9.59 Å². The third-order valence-corrected chi connectivity index (χ3v) is 6.88. The number of rotatable bonds is 11. The standard InChI is InChI=1S/C25H39NO3S/c1-5-7-8-20(6-2)18-29-24(27)13-16-30-23-10-9-21-11-14-26(25(28)19(3)4)15-12-22(21)17-23/h9-10,17,19-20H,5-8,11-16,18H2,1-4H3. The number of fused-ring (bicyclic) bond motifs is 1. The van der Waals surface area contributed by atoms with Crippen molar-refractivity contribution < 1.29 is 14.3 Å². The molecule has 1 amide bonds. The Bertz CT molecular complexity index is 689. The van der Waals surface area contributed by atoms with Gasteiger partial charge >= 0.3 is 5.97 Å². The van der Waals surface area contributed by atoms with Gasteiger partial charge in [-0.3, -0.25) is 9.59 Å². The van der Waals surface area contributed by atoms with E-state index in [0.717, 1.165) is 44.5 Å². The summed E-state index contributed by atoms with van der Waals surface area (Å²) in [6, 6.07) is 6.58. The summed E-state index contributed by atoms with van der Waals surface area (Å²) in [4.78, 5) is 27.6. The smallest absolute Gasteiger partial charge is 0.306 e. The normalized spacial score (nSPS) is 14.9. The predicted molar refractivity (Wildman–Crippen MR) is 125 cm³/mol. The van der Waals surface area contributed by atoms with Crippen LogP contribution in [0.3, 0.4) is 0 Å². The molecule has 0 bridgehead atoms. The predicted octanol–water partition coefficient (Wildman–Crippen LogP) is 5.51. The summed E-state index contributed by atoms with van der Waals surface area (Å²) in [6.45, 7) is 10.5. The Morgan fingerprint density at radius 1 is 1.13 bits per heavy atom. The minimum Gasteiger partial charge on any atom is -0.465 e. The molecule has 0 aliphatic carbocycles. The SMILES string of the molecule is CCCCC(CC)COC(=O)CCSc1ccc2c(c1)CCN(C(=O)C(C)C)CC2. The first-order valence-electron chi connectivity index (χ1n) is 11.6. The first-order chi connectivity index (χ1) is 14.4. The quantitative estimate of drug-likeness (QED) is 0.341. The van der Waals surface area contributed by atoms with Crippen LogP contribution in [0.15, 0.2) is 23.1 Å². The number of amides is 1. The van der Waals surface area contributed by atoms with Gasteiger partial charge in [-0.1, -0.05) is 53.0 Å². The summed E-state index contributed by atoms with van der Waals surface area (Å²) < 4.78 is 5.50. The number of thioether (sulfide) groups is 1. The molecule has 1 aromatic rings. The summed E-state index contributed by atoms with van der Waals surface area (Å²) in [5.41, 5.74) is 2.68. The van der Waals surface area contributed by atoms with E-state index in [0.29, 0.717) is 18.9 Å². The Labute approximate surface area is 187 Å². The fourth-order valence-electron chi connectivity index (χ4n) is 3.81. The van der Waals surface area contributed by atoms with Gasteiger partial charge in [0, 0.05) is 29.7 Å². The summed E-state index contributed by atoms with van der Waals surface area (Å²) >= 11 is 1.71. The van der Waals surface area contributed by atoms with Gasteiger partial charge in [-0.05, 0) is 48.4 Å². The van der Waals surface area contributed by atoms with E-state index in [1.807, 2.05) is 18.7 Å². The molecule has 1 aliphatic rings. The van der Waals surface area contributed by atoms with Crippen LogP contribution in [0, 0.1) is 11.8 Å². The number of ether oxygens (including phenoxy) is 1. The van der Waals surface area contributed by atoms with E-state index >= 15 is 0 Å². The molecule has 0 radical (unpaired) electrons. The van der Waals surface area contributed by atoms with Crippen molar-refractivity contribution in [2.24, 2.45) is 11.8 Å². The van der Waals surface area contributed by atoms with Crippen LogP contribution in [-0.2, 0) is 27.2 Å². The van der Waals surface area contributed by atoms with Gasteiger partial charge in [0.15, 0.2) is 0 Å². The number of nitrogens with zero attached hydrogens (tertiary/aromatic N) is 1. The number of carbonyl (C=O) groups excluding carboxylic acids is 2. The fourth-order valence-corrected chi connectivity index (χ4v) is 4.70. The molecule has 168 valence electrons. The molecule has 4 nitrogen and oxygen atoms in total. The number of hydrogen-bond donors (Lipinski definition) is 0. The molecule has 0 spiro atoms. The minimum atomic E-state index is -0.0879. The van der Waals surface area contributed by atoms with Gasteiger partial charge < -0.3 is 9.64 Å². The first-order valence-corrected chi connectivity index (χ1v) is 12.6. The molecular weight excluding hydrogens is 394 g/mol. The number of benzene rings is 1. The van der Waals surface area contributed by atoms with Gasteiger partial charge in [-0.25, -0.2) is 0 Å². The lowest BCUT2D eigenvalue weighted by molar-refractivity contribution is -0.144. The van der Waals surface area contributed by atoms with Crippen molar-refractivity contribution in [2.45, 2.75) is 77.5 Å². The monoisotopic (exact) mass is 433 g/mol. The maximum atomic E-state index is 12.3. The van der Waals surface area contributed by atoms with Crippen molar-refractivity contribution in [1.29, 1.82) is 0 Å². The zero-order valence-electron chi connectivity index (χ0n) is 19.2. The zero-order valence-corrected chi connectivity index (χ0v) is 20.1. The molecule has 1 atom stereocenters. The van der Waals surface area contributed by atoms with Gasteiger partial charge in [0.1, 0.15) is 0 Å². The van der Waals surface area contributed by atoms with E-state index in [-0.39, 0.29) is 17.8 Å². The van der Waals surface area contributed by atoms with Crippen molar-refractivity contribution in [3.8, 4) is 0 Å². The highest BCUT2D eigenvalue weighted by Crippen LogP contribution is 2.25. The average Bonchev–Trinajstić information content (AvgIpc) is 2.95. The third kappa shape index (κ3) is 7.98. The summed E-state index contributed by atoms with van der Waals surface area (Å²) in [7, 11) is 0. The van der Waals surface area contributed by atoms with Crippen molar-refractivity contribution in [3.05, 3.63) is 29.3 Å². The molecule has 5 heteroatoms. The van der Waals surface area contributed by atoms with Gasteiger partial charge in [0.25, 0.3) is 0 Å². The lowest BCUT2D eigenvalue weighted by Crippen LogP contribution is -2.36. The molecule has 2 rings (SSSR count). The van der Waals surface area contributed by atoms with Crippen LogP contribution in [0.5, 0.6) is 0 Å². The number of unbranched alkanes of at least 4 members (excludes halogenated alkanes) is 1. The molecule has 0 saturated carbocycles. The second-order valence-corrected chi connectivity index (χ2v) is 9.78. The van der Waals surface area contributed by atoms with Crippen LogP contribution in [-0.4, -0.2) is 42.2 Å². The van der Waals surface area contributed by atoms with Crippen molar-refractivity contribution in [2.75, 3.05) is 25.4 Å². The molecular formula is C25H39NO3S. The van der Waals surface area contributed by atoms with E-state index in [1.165, 1.54) is 28.9 Å². The average molecular weight is 434 g/mol. The van der Waals surface area contributed by atoms with Crippen LogP contribution in [0.4, 0.5) is 0 Å². The van der Waals surface area contributed by atoms with E-state index in [2.05, 4.69) is 32.0 Å². The zero-order chi connectivity index (χ0) is 21.9. The molecule has 1 aliphatic heterocycles. The van der Waals surface area contributed by atoms with Crippen molar-refractivity contribution >= 4 is 23.6 Å². The molecule has 0 saturated heterocycles. The van der Waals surface area contributed by atoms with Crippen LogP contribution < -0.4 is 0 Å². The van der Waals surface area contributed by atoms with E-state index in [4.69, 9.17) is 4.74 Å². The molecule has 0 N–H and O–H groups in total. The van der Waals surface area contributed by atoms with Crippen LogP contribution in [0.25, 0.3) is 0 Å². The van der Waals surface area contributed by atoms with E-state index in [1.54, 1.807) is 11.8 Å². The lowest BCUT2D eigenvalue weighted by atomic mass is 10.0. The second kappa shape index (κ2) is 13.0. The molecule has 1 unspecified atom stereocenters. The molecule has 0 aromatic heterocycles. The molecule has 30 heavy (non-hydrogen) atoms. The number of hydrogen-bond acceptors (Lipinski definition) is 4. The van der Waals surface area contributed by atoms with Crippen LogP contribution >= 0.6 is 11.8 Å². The fraction of sp³-hybridized carbons (Fsp3) is 0.680. The summed E-state index contributed by atoms with van der Waals surface area (Å²) in [5.74, 6) is 1.44. The largest absolute Gasteiger partial charge is 0.465 e. The first kappa shape index (κ1) is 24.8. The molecule has 0 fully saturated rings. The highest BCUT2D eigenvalue weighted by atomic mass is 32.2. The molecule has 1 aromatic carbocycles. The maximum Gasteiger partial charge on any atom is 0.306 e. The topological polar surface area (TPSA) is 46.6 Å². The van der Waals surface area contributed by atoms with Gasteiger partial charge in [0.05, 0.1) is 13.0 Å². The number of esters is 1. The van der Waals surface area contributed by atoms with Gasteiger partial charge in [0.2, 0.25) is 5.91 Å². The third-order valence-electron chi connectivity index (χ3n) is 5.88. The van der Waals surface area contributed by atoms with E-state index < -0.39 is 0 Å². The Morgan fingerprint density at radius 2 is 1.87 bits per heavy atom. The van der Waals surface area contributed by atoms with Crippen molar-refractivity contribution in [1.82, 2.24) is 4.90 Å². The Morgan fingerprint density at radius 3 is 2.53 bits per heavy atom. The highest BCUT2D eigenvalue weighted by molar-refractivity contribution is 7.99. The summed E-state index contributed by atoms with van der Waals surface area (Å²) in [5, 5.41) is 0. The Balaban J connectivity index is 1.77. The Hall–Kier alpha value is -1.49. The van der Waals surface area contributed by atoms with Crippen LogP contribution in [0.1, 0.15) is 70.9 Å². The highest BCUT2D eigenvalue weighted by Gasteiger charge is 2.20. The van der Waals surface area contributed by atoms with Crippen molar-refractivity contribution in [3.63, 3.8) is 0 Å².